The highest BCUT2D eigenvalue weighted by atomic mass is 16.5. The lowest BCUT2D eigenvalue weighted by molar-refractivity contribution is 0.0727. The maximum atomic E-state index is 13.7. The molecule has 1 aliphatic heterocycles. The highest BCUT2D eigenvalue weighted by Gasteiger charge is 2.20. The molecule has 2 aromatic carbocycles. The van der Waals surface area contributed by atoms with Gasteiger partial charge in [-0.1, -0.05) is 18.2 Å². The van der Waals surface area contributed by atoms with Gasteiger partial charge < -0.3 is 19.4 Å². The molecule has 1 fully saturated rings. The zero-order valence-corrected chi connectivity index (χ0v) is 20.3. The maximum Gasteiger partial charge on any atom is 0.254 e. The smallest absolute Gasteiger partial charge is 0.254 e. The third kappa shape index (κ3) is 5.38. The maximum absolute atomic E-state index is 13.7. The summed E-state index contributed by atoms with van der Waals surface area (Å²) < 4.78 is 11.5. The SMILES string of the molecule is Cc1[nH]c2ccc(C(=O)N(Cc3cccc(OC[C@@H]4CCOC4)c3)Cc3ccccn3)cc2c1C. The largest absolute Gasteiger partial charge is 0.493 e. The van der Waals surface area contributed by atoms with Crippen molar-refractivity contribution in [3.05, 3.63) is 94.9 Å². The average Bonchev–Trinajstić information content (AvgIpc) is 3.50. The Morgan fingerprint density at radius 2 is 2.03 bits per heavy atom. The number of pyridine rings is 1. The molecule has 35 heavy (non-hydrogen) atoms. The van der Waals surface area contributed by atoms with Crippen molar-refractivity contribution in [2.75, 3.05) is 19.8 Å². The van der Waals surface area contributed by atoms with Crippen LogP contribution in [0.25, 0.3) is 10.9 Å². The highest BCUT2D eigenvalue weighted by Crippen LogP contribution is 2.25. The number of aromatic nitrogens is 2. The van der Waals surface area contributed by atoms with Gasteiger partial charge in [-0.3, -0.25) is 9.78 Å². The number of aryl methyl sites for hydroxylation is 2. The molecule has 0 bridgehead atoms. The van der Waals surface area contributed by atoms with E-state index in [9.17, 15) is 4.79 Å². The molecule has 6 heteroatoms. The van der Waals surface area contributed by atoms with Crippen molar-refractivity contribution < 1.29 is 14.3 Å². The second-order valence-electron chi connectivity index (χ2n) is 9.31. The van der Waals surface area contributed by atoms with Crippen LogP contribution in [0.3, 0.4) is 0 Å². The lowest BCUT2D eigenvalue weighted by Gasteiger charge is -2.23. The van der Waals surface area contributed by atoms with Crippen LogP contribution in [0.1, 0.15) is 39.3 Å². The van der Waals surface area contributed by atoms with Crippen molar-refractivity contribution in [3.63, 3.8) is 0 Å². The van der Waals surface area contributed by atoms with Crippen molar-refractivity contribution in [2.24, 2.45) is 5.92 Å². The van der Waals surface area contributed by atoms with Gasteiger partial charge in [0.1, 0.15) is 5.75 Å². The molecular formula is C29H31N3O3. The number of H-pyrrole nitrogens is 1. The summed E-state index contributed by atoms with van der Waals surface area (Å²) in [5, 5.41) is 1.08. The standard InChI is InChI=1S/C29H31N3O3/c1-20-21(2)31-28-10-9-24(15-27(20)28)29(33)32(17-25-7-3-4-12-30-25)16-22-6-5-8-26(14-22)35-19-23-11-13-34-18-23/h3-10,12,14-15,23,31H,11,13,16-19H2,1-2H3/t23-/m1/s1. The molecule has 0 saturated carbocycles. The Hall–Kier alpha value is -3.64. The van der Waals surface area contributed by atoms with E-state index in [1.54, 1.807) is 6.20 Å². The predicted octanol–water partition coefficient (Wildman–Crippen LogP) is 5.44. The summed E-state index contributed by atoms with van der Waals surface area (Å²) in [6, 6.07) is 19.7. The van der Waals surface area contributed by atoms with Gasteiger partial charge in [0.05, 0.1) is 25.5 Å². The fraction of sp³-hybridized carbons (Fsp3) is 0.310. The van der Waals surface area contributed by atoms with Crippen molar-refractivity contribution >= 4 is 16.8 Å². The number of amides is 1. The Labute approximate surface area is 205 Å². The van der Waals surface area contributed by atoms with Crippen molar-refractivity contribution in [1.29, 1.82) is 0 Å². The second kappa shape index (κ2) is 10.3. The molecule has 4 aromatic rings. The molecule has 3 heterocycles. The number of carbonyl (C=O) groups excluding carboxylic acids is 1. The van der Waals surface area contributed by atoms with Gasteiger partial charge in [0.2, 0.25) is 0 Å². The van der Waals surface area contributed by atoms with E-state index in [2.05, 4.69) is 23.8 Å². The predicted molar refractivity (Wildman–Crippen MR) is 136 cm³/mol. The number of ether oxygens (including phenoxy) is 2. The van der Waals surface area contributed by atoms with Gasteiger partial charge in [0.15, 0.2) is 0 Å². The first-order valence-electron chi connectivity index (χ1n) is 12.1. The number of rotatable bonds is 8. The summed E-state index contributed by atoms with van der Waals surface area (Å²) >= 11 is 0. The van der Waals surface area contributed by atoms with Crippen LogP contribution in [0.15, 0.2) is 66.9 Å². The van der Waals surface area contributed by atoms with Crippen molar-refractivity contribution in [1.82, 2.24) is 14.9 Å². The number of nitrogens with one attached hydrogen (secondary N) is 1. The van der Waals surface area contributed by atoms with E-state index in [4.69, 9.17) is 9.47 Å². The van der Waals surface area contributed by atoms with E-state index in [0.29, 0.717) is 31.2 Å². The fourth-order valence-corrected chi connectivity index (χ4v) is 4.55. The molecule has 0 radical (unpaired) electrons. The molecule has 0 spiro atoms. The average molecular weight is 470 g/mol. The summed E-state index contributed by atoms with van der Waals surface area (Å²) in [5.41, 5.74) is 5.88. The normalized spacial score (nSPS) is 15.4. The Bertz CT molecular complexity index is 1310. The lowest BCUT2D eigenvalue weighted by Crippen LogP contribution is -2.30. The van der Waals surface area contributed by atoms with Gasteiger partial charge in [-0.05, 0) is 73.9 Å². The van der Waals surface area contributed by atoms with Gasteiger partial charge in [-0.2, -0.15) is 0 Å². The third-order valence-corrected chi connectivity index (χ3v) is 6.70. The third-order valence-electron chi connectivity index (χ3n) is 6.70. The zero-order chi connectivity index (χ0) is 24.2. The van der Waals surface area contributed by atoms with Crippen LogP contribution in [0, 0.1) is 19.8 Å². The molecule has 0 unspecified atom stereocenters. The van der Waals surface area contributed by atoms with Crippen LogP contribution in [-0.2, 0) is 17.8 Å². The summed E-state index contributed by atoms with van der Waals surface area (Å²) in [6.07, 6.45) is 2.80. The summed E-state index contributed by atoms with van der Waals surface area (Å²) in [5.74, 6) is 1.24. The molecule has 6 nitrogen and oxygen atoms in total. The first-order chi connectivity index (χ1) is 17.1. The van der Waals surface area contributed by atoms with E-state index in [-0.39, 0.29) is 5.91 Å². The molecule has 0 aliphatic carbocycles. The van der Waals surface area contributed by atoms with Crippen LogP contribution in [0.5, 0.6) is 5.75 Å². The molecule has 1 atom stereocenters. The summed E-state index contributed by atoms with van der Waals surface area (Å²) in [6.45, 7) is 7.24. The van der Waals surface area contributed by atoms with Crippen molar-refractivity contribution in [2.45, 2.75) is 33.4 Å². The van der Waals surface area contributed by atoms with E-state index >= 15 is 0 Å². The minimum atomic E-state index is -0.0229. The number of hydrogen-bond donors (Lipinski definition) is 1. The number of carbonyl (C=O) groups is 1. The molecular weight excluding hydrogens is 438 g/mol. The van der Waals surface area contributed by atoms with Crippen LogP contribution in [0.2, 0.25) is 0 Å². The number of benzene rings is 2. The monoisotopic (exact) mass is 469 g/mol. The van der Waals surface area contributed by atoms with Gasteiger partial charge in [-0.25, -0.2) is 0 Å². The van der Waals surface area contributed by atoms with Gasteiger partial charge >= 0.3 is 0 Å². The molecule has 1 saturated heterocycles. The van der Waals surface area contributed by atoms with Crippen LogP contribution in [-0.4, -0.2) is 40.6 Å². The highest BCUT2D eigenvalue weighted by molar-refractivity contribution is 5.99. The number of hydrogen-bond acceptors (Lipinski definition) is 4. The number of fused-ring (bicyclic) bond motifs is 1. The molecule has 1 N–H and O–H groups in total. The fourth-order valence-electron chi connectivity index (χ4n) is 4.55. The van der Waals surface area contributed by atoms with Crippen molar-refractivity contribution in [3.8, 4) is 5.75 Å². The lowest BCUT2D eigenvalue weighted by atomic mass is 10.1. The van der Waals surface area contributed by atoms with Crippen LogP contribution in [0.4, 0.5) is 0 Å². The Morgan fingerprint density at radius 3 is 2.83 bits per heavy atom. The summed E-state index contributed by atoms with van der Waals surface area (Å²) in [7, 11) is 0. The minimum absolute atomic E-state index is 0.0229. The second-order valence-corrected chi connectivity index (χ2v) is 9.31. The summed E-state index contributed by atoms with van der Waals surface area (Å²) in [4.78, 5) is 23.4. The minimum Gasteiger partial charge on any atom is -0.493 e. The van der Waals surface area contributed by atoms with E-state index in [1.165, 1.54) is 5.56 Å². The molecule has 2 aromatic heterocycles. The number of nitrogens with zero attached hydrogens (tertiary/aromatic N) is 2. The first-order valence-corrected chi connectivity index (χ1v) is 12.1. The molecule has 1 amide bonds. The Morgan fingerprint density at radius 1 is 1.11 bits per heavy atom. The van der Waals surface area contributed by atoms with E-state index in [0.717, 1.165) is 53.2 Å². The molecule has 180 valence electrons. The topological polar surface area (TPSA) is 67.5 Å². The number of aromatic amines is 1. The van der Waals surface area contributed by atoms with Gasteiger partial charge in [-0.15, -0.1) is 0 Å². The Balaban J connectivity index is 1.39. The van der Waals surface area contributed by atoms with Crippen LogP contribution < -0.4 is 4.74 Å². The van der Waals surface area contributed by atoms with Gasteiger partial charge in [0, 0.05) is 47.4 Å². The van der Waals surface area contributed by atoms with E-state index in [1.807, 2.05) is 65.6 Å². The van der Waals surface area contributed by atoms with Gasteiger partial charge in [0.25, 0.3) is 5.91 Å². The zero-order valence-electron chi connectivity index (χ0n) is 20.3. The molecule has 5 rings (SSSR count). The van der Waals surface area contributed by atoms with E-state index < -0.39 is 0 Å². The first kappa shape index (κ1) is 23.1. The van der Waals surface area contributed by atoms with Crippen LogP contribution >= 0.6 is 0 Å². The Kier molecular flexibility index (Phi) is 6.82. The quantitative estimate of drug-likeness (QED) is 0.373. The molecule has 1 aliphatic rings.